The van der Waals surface area contributed by atoms with Gasteiger partial charge in [0.1, 0.15) is 0 Å². The molecule has 1 saturated heterocycles. The zero-order chi connectivity index (χ0) is 10.6. The zero-order valence-electron chi connectivity index (χ0n) is 9.66. The van der Waals surface area contributed by atoms with Crippen molar-refractivity contribution in [3.05, 3.63) is 0 Å². The summed E-state index contributed by atoms with van der Waals surface area (Å²) in [5.74, 6) is 0. The summed E-state index contributed by atoms with van der Waals surface area (Å²) in [4.78, 5) is 2.35. The highest BCUT2D eigenvalue weighted by Gasteiger charge is 2.20. The fourth-order valence-electron chi connectivity index (χ4n) is 2.03. The van der Waals surface area contributed by atoms with Crippen molar-refractivity contribution in [2.75, 3.05) is 19.6 Å². The van der Waals surface area contributed by atoms with Gasteiger partial charge in [-0.1, -0.05) is 0 Å². The summed E-state index contributed by atoms with van der Waals surface area (Å²) in [6.07, 6.45) is 2.35. The molecule has 0 aromatic carbocycles. The van der Waals surface area contributed by atoms with Crippen LogP contribution in [0.15, 0.2) is 0 Å². The second-order valence-electron chi connectivity index (χ2n) is 4.69. The van der Waals surface area contributed by atoms with Gasteiger partial charge in [-0.15, -0.1) is 0 Å². The second kappa shape index (κ2) is 5.69. The maximum absolute atomic E-state index is 9.38. The fourth-order valence-corrected chi connectivity index (χ4v) is 2.03. The van der Waals surface area contributed by atoms with Crippen LogP contribution in [0, 0.1) is 0 Å². The summed E-state index contributed by atoms with van der Waals surface area (Å²) in [6.45, 7) is 9.26. The van der Waals surface area contributed by atoms with Crippen molar-refractivity contribution < 1.29 is 5.11 Å². The van der Waals surface area contributed by atoms with E-state index in [0.29, 0.717) is 12.1 Å². The van der Waals surface area contributed by atoms with Crippen molar-refractivity contribution in [2.45, 2.75) is 51.8 Å². The Bertz CT molecular complexity index is 153. The minimum Gasteiger partial charge on any atom is -0.392 e. The highest BCUT2D eigenvalue weighted by molar-refractivity contribution is 4.79. The molecule has 3 nitrogen and oxygen atoms in total. The summed E-state index contributed by atoms with van der Waals surface area (Å²) < 4.78 is 0. The van der Waals surface area contributed by atoms with E-state index in [-0.39, 0.29) is 6.10 Å². The van der Waals surface area contributed by atoms with Crippen LogP contribution in [0.2, 0.25) is 0 Å². The van der Waals surface area contributed by atoms with E-state index in [0.717, 1.165) is 19.6 Å². The first kappa shape index (κ1) is 12.0. The molecular weight excluding hydrogens is 176 g/mol. The van der Waals surface area contributed by atoms with Crippen LogP contribution in [-0.4, -0.2) is 47.8 Å². The Balaban J connectivity index is 2.33. The molecule has 1 aliphatic rings. The van der Waals surface area contributed by atoms with E-state index in [2.05, 4.69) is 24.1 Å². The van der Waals surface area contributed by atoms with E-state index in [1.165, 1.54) is 12.8 Å². The predicted molar refractivity (Wildman–Crippen MR) is 59.4 cm³/mol. The maximum atomic E-state index is 9.38. The summed E-state index contributed by atoms with van der Waals surface area (Å²) >= 11 is 0. The minimum absolute atomic E-state index is 0.223. The van der Waals surface area contributed by atoms with Crippen molar-refractivity contribution in [3.63, 3.8) is 0 Å². The fraction of sp³-hybridized carbons (Fsp3) is 1.00. The normalized spacial score (nSPS) is 24.9. The van der Waals surface area contributed by atoms with Gasteiger partial charge in [0.25, 0.3) is 0 Å². The topological polar surface area (TPSA) is 35.5 Å². The first-order valence-electron chi connectivity index (χ1n) is 5.75. The van der Waals surface area contributed by atoms with Gasteiger partial charge in [0.15, 0.2) is 0 Å². The van der Waals surface area contributed by atoms with Crippen molar-refractivity contribution in [1.82, 2.24) is 10.2 Å². The van der Waals surface area contributed by atoms with Gasteiger partial charge in [0.05, 0.1) is 6.10 Å². The van der Waals surface area contributed by atoms with E-state index in [1.54, 1.807) is 0 Å². The van der Waals surface area contributed by atoms with Gasteiger partial charge in [-0.05, 0) is 40.2 Å². The average molecular weight is 200 g/mol. The number of aliphatic hydroxyl groups is 1. The lowest BCUT2D eigenvalue weighted by atomic mass is 10.2. The monoisotopic (exact) mass is 200 g/mol. The molecule has 0 aliphatic carbocycles. The maximum Gasteiger partial charge on any atom is 0.0639 e. The van der Waals surface area contributed by atoms with Crippen molar-refractivity contribution >= 4 is 0 Å². The molecule has 1 unspecified atom stereocenters. The standard InChI is InChI=1S/C11H24N2O/c1-9(2)13(7-10(3)14)8-11-5-4-6-12-11/h9-12,14H,4-8H2,1-3H3/t10-,11?/m0/s1. The molecule has 0 spiro atoms. The summed E-state index contributed by atoms with van der Waals surface area (Å²) in [6, 6.07) is 1.16. The molecule has 1 rings (SSSR count). The van der Waals surface area contributed by atoms with Gasteiger partial charge in [0, 0.05) is 25.2 Å². The van der Waals surface area contributed by atoms with E-state index >= 15 is 0 Å². The van der Waals surface area contributed by atoms with Crippen LogP contribution >= 0.6 is 0 Å². The van der Waals surface area contributed by atoms with Crippen LogP contribution in [0.4, 0.5) is 0 Å². The molecule has 0 saturated carbocycles. The molecule has 14 heavy (non-hydrogen) atoms. The molecule has 0 aromatic heterocycles. The Morgan fingerprint density at radius 3 is 2.57 bits per heavy atom. The molecule has 0 bridgehead atoms. The smallest absolute Gasteiger partial charge is 0.0639 e. The van der Waals surface area contributed by atoms with E-state index in [9.17, 15) is 5.11 Å². The van der Waals surface area contributed by atoms with Gasteiger partial charge in [-0.2, -0.15) is 0 Å². The third-order valence-corrected chi connectivity index (χ3v) is 2.85. The average Bonchev–Trinajstić information content (AvgIpc) is 2.54. The van der Waals surface area contributed by atoms with Gasteiger partial charge < -0.3 is 10.4 Å². The molecular formula is C11H24N2O. The lowest BCUT2D eigenvalue weighted by molar-refractivity contribution is 0.101. The van der Waals surface area contributed by atoms with Crippen molar-refractivity contribution in [2.24, 2.45) is 0 Å². The predicted octanol–water partition coefficient (Wildman–Crippen LogP) is 0.830. The molecule has 3 heteroatoms. The Morgan fingerprint density at radius 1 is 1.43 bits per heavy atom. The van der Waals surface area contributed by atoms with Crippen molar-refractivity contribution in [3.8, 4) is 0 Å². The molecule has 1 heterocycles. The molecule has 0 amide bonds. The number of hydrogen-bond donors (Lipinski definition) is 2. The Hall–Kier alpha value is -0.120. The molecule has 1 fully saturated rings. The number of rotatable bonds is 5. The third-order valence-electron chi connectivity index (χ3n) is 2.85. The van der Waals surface area contributed by atoms with Crippen LogP contribution in [0.25, 0.3) is 0 Å². The quantitative estimate of drug-likeness (QED) is 0.690. The molecule has 84 valence electrons. The SMILES string of the molecule is CC(C)N(CC1CCCN1)C[C@H](C)O. The number of hydrogen-bond acceptors (Lipinski definition) is 3. The summed E-state index contributed by atoms with van der Waals surface area (Å²) in [5, 5.41) is 12.9. The lowest BCUT2D eigenvalue weighted by Crippen LogP contribution is -2.44. The van der Waals surface area contributed by atoms with Gasteiger partial charge >= 0.3 is 0 Å². The number of aliphatic hydroxyl groups excluding tert-OH is 1. The van der Waals surface area contributed by atoms with Gasteiger partial charge in [-0.3, -0.25) is 4.90 Å². The third kappa shape index (κ3) is 3.95. The first-order valence-corrected chi connectivity index (χ1v) is 5.75. The van der Waals surface area contributed by atoms with Crippen LogP contribution < -0.4 is 5.32 Å². The first-order chi connectivity index (χ1) is 6.59. The highest BCUT2D eigenvalue weighted by Crippen LogP contribution is 2.09. The molecule has 0 radical (unpaired) electrons. The Morgan fingerprint density at radius 2 is 2.14 bits per heavy atom. The second-order valence-corrected chi connectivity index (χ2v) is 4.69. The number of nitrogens with one attached hydrogen (secondary N) is 1. The zero-order valence-corrected chi connectivity index (χ0v) is 9.66. The van der Waals surface area contributed by atoms with E-state index in [4.69, 9.17) is 0 Å². The number of nitrogens with zero attached hydrogens (tertiary/aromatic N) is 1. The Labute approximate surface area is 87.5 Å². The Kier molecular flexibility index (Phi) is 4.85. The molecule has 2 N–H and O–H groups in total. The van der Waals surface area contributed by atoms with Gasteiger partial charge in [0.2, 0.25) is 0 Å². The molecule has 0 aromatic rings. The minimum atomic E-state index is -0.223. The van der Waals surface area contributed by atoms with Gasteiger partial charge in [-0.25, -0.2) is 0 Å². The highest BCUT2D eigenvalue weighted by atomic mass is 16.3. The van der Waals surface area contributed by atoms with Crippen LogP contribution in [0.5, 0.6) is 0 Å². The molecule has 1 aliphatic heterocycles. The largest absolute Gasteiger partial charge is 0.392 e. The molecule has 2 atom stereocenters. The van der Waals surface area contributed by atoms with Crippen molar-refractivity contribution in [1.29, 1.82) is 0 Å². The summed E-state index contributed by atoms with van der Waals surface area (Å²) in [5.41, 5.74) is 0. The van der Waals surface area contributed by atoms with Crippen LogP contribution in [-0.2, 0) is 0 Å². The van der Waals surface area contributed by atoms with E-state index < -0.39 is 0 Å². The van der Waals surface area contributed by atoms with Crippen LogP contribution in [0.3, 0.4) is 0 Å². The summed E-state index contributed by atoms with van der Waals surface area (Å²) in [7, 11) is 0. The van der Waals surface area contributed by atoms with E-state index in [1.807, 2.05) is 6.92 Å². The lowest BCUT2D eigenvalue weighted by Gasteiger charge is -2.30. The van der Waals surface area contributed by atoms with Crippen LogP contribution in [0.1, 0.15) is 33.6 Å².